The molecule has 2 N–H and O–H groups in total. The van der Waals surface area contributed by atoms with Crippen LogP contribution in [0.15, 0.2) is 18.2 Å². The Morgan fingerprint density at radius 2 is 1.85 bits per heavy atom. The van der Waals surface area contributed by atoms with Gasteiger partial charge in [-0.15, -0.1) is 10.2 Å². The van der Waals surface area contributed by atoms with Crippen molar-refractivity contribution in [1.29, 1.82) is 0 Å². The van der Waals surface area contributed by atoms with Gasteiger partial charge in [-0.1, -0.05) is 17.8 Å². The number of nitrogens with zero attached hydrogens (tertiary/aromatic N) is 4. The van der Waals surface area contributed by atoms with Gasteiger partial charge in [0.25, 0.3) is 0 Å². The highest BCUT2D eigenvalue weighted by atomic mass is 32.1. The summed E-state index contributed by atoms with van der Waals surface area (Å²) >= 11 is 1.40. The maximum absolute atomic E-state index is 9.55. The quantitative estimate of drug-likeness (QED) is 0.757. The third-order valence-corrected chi connectivity index (χ3v) is 4.58. The van der Waals surface area contributed by atoms with Crippen LogP contribution in [-0.2, 0) is 0 Å². The highest BCUT2D eigenvalue weighted by Gasteiger charge is 2.26. The van der Waals surface area contributed by atoms with Crippen LogP contribution in [0.25, 0.3) is 15.5 Å². The molecule has 1 aliphatic carbocycles. The average molecular weight is 288 g/mol. The second-order valence-electron chi connectivity index (χ2n) is 5.03. The predicted molar refractivity (Wildman–Crippen MR) is 74.0 cm³/mol. The molecule has 0 aliphatic heterocycles. The SMILES string of the molecule is Oc1cc(O)cc(-c2nn3c(C4CCC4)nnc3s2)c1. The van der Waals surface area contributed by atoms with Crippen LogP contribution in [0, 0.1) is 0 Å². The smallest absolute Gasteiger partial charge is 0.234 e. The summed E-state index contributed by atoms with van der Waals surface area (Å²) in [5.41, 5.74) is 0.678. The molecule has 0 bridgehead atoms. The maximum atomic E-state index is 9.55. The molecule has 7 heteroatoms. The van der Waals surface area contributed by atoms with E-state index in [1.54, 1.807) is 16.6 Å². The fraction of sp³-hybridized carbons (Fsp3) is 0.308. The van der Waals surface area contributed by atoms with Gasteiger partial charge in [-0.2, -0.15) is 9.61 Å². The third-order valence-electron chi connectivity index (χ3n) is 3.63. The first-order valence-electron chi connectivity index (χ1n) is 6.46. The van der Waals surface area contributed by atoms with Crippen molar-refractivity contribution in [1.82, 2.24) is 19.8 Å². The first-order chi connectivity index (χ1) is 9.70. The lowest BCUT2D eigenvalue weighted by atomic mass is 9.85. The Morgan fingerprint density at radius 1 is 1.10 bits per heavy atom. The van der Waals surface area contributed by atoms with Gasteiger partial charge in [0.15, 0.2) is 5.82 Å². The summed E-state index contributed by atoms with van der Waals surface area (Å²) in [5, 5.41) is 32.7. The van der Waals surface area contributed by atoms with Crippen molar-refractivity contribution in [3.63, 3.8) is 0 Å². The molecule has 3 aromatic rings. The van der Waals surface area contributed by atoms with E-state index >= 15 is 0 Å². The van der Waals surface area contributed by atoms with Gasteiger partial charge >= 0.3 is 0 Å². The fourth-order valence-corrected chi connectivity index (χ4v) is 3.22. The number of aromatic hydroxyl groups is 2. The second-order valence-corrected chi connectivity index (χ2v) is 5.98. The molecule has 0 atom stereocenters. The number of phenols is 2. The van der Waals surface area contributed by atoms with Crippen LogP contribution in [0.4, 0.5) is 0 Å². The minimum atomic E-state index is 0.0187. The molecule has 102 valence electrons. The number of fused-ring (bicyclic) bond motifs is 1. The van der Waals surface area contributed by atoms with Gasteiger partial charge in [-0.25, -0.2) is 0 Å². The second kappa shape index (κ2) is 4.17. The molecule has 20 heavy (non-hydrogen) atoms. The van der Waals surface area contributed by atoms with Gasteiger partial charge in [0.1, 0.15) is 16.5 Å². The van der Waals surface area contributed by atoms with E-state index in [0.29, 0.717) is 16.5 Å². The van der Waals surface area contributed by atoms with Gasteiger partial charge < -0.3 is 10.2 Å². The van der Waals surface area contributed by atoms with Crippen molar-refractivity contribution < 1.29 is 10.2 Å². The number of phenolic OH excluding ortho intramolecular Hbond substituents is 2. The number of rotatable bonds is 2. The van der Waals surface area contributed by atoms with Crippen LogP contribution in [-0.4, -0.2) is 30.0 Å². The van der Waals surface area contributed by atoms with E-state index in [1.807, 2.05) is 0 Å². The van der Waals surface area contributed by atoms with Crippen LogP contribution in [0.1, 0.15) is 31.0 Å². The van der Waals surface area contributed by atoms with E-state index in [0.717, 1.165) is 23.6 Å². The normalized spacial score (nSPS) is 15.6. The van der Waals surface area contributed by atoms with Crippen LogP contribution >= 0.6 is 11.3 Å². The van der Waals surface area contributed by atoms with Crippen LogP contribution in [0.3, 0.4) is 0 Å². The van der Waals surface area contributed by atoms with Crippen LogP contribution in [0.5, 0.6) is 11.5 Å². The zero-order chi connectivity index (χ0) is 13.7. The standard InChI is InChI=1S/C13H12N4O2S/c18-9-4-8(5-10(19)6-9)12-16-17-11(7-2-1-3-7)14-15-13(17)20-12/h4-7,18-19H,1-3H2. The molecule has 0 unspecified atom stereocenters. The minimum absolute atomic E-state index is 0.0187. The molecule has 0 amide bonds. The van der Waals surface area contributed by atoms with Crippen molar-refractivity contribution in [3.8, 4) is 22.1 Å². The number of hydrogen-bond acceptors (Lipinski definition) is 6. The Hall–Kier alpha value is -2.15. The Kier molecular flexibility index (Phi) is 2.43. The van der Waals surface area contributed by atoms with Crippen LogP contribution < -0.4 is 0 Å². The molecule has 1 saturated carbocycles. The first-order valence-corrected chi connectivity index (χ1v) is 7.28. The maximum Gasteiger partial charge on any atom is 0.234 e. The topological polar surface area (TPSA) is 83.5 Å². The molecule has 1 aromatic carbocycles. The largest absolute Gasteiger partial charge is 0.508 e. The van der Waals surface area contributed by atoms with E-state index in [2.05, 4.69) is 15.3 Å². The van der Waals surface area contributed by atoms with Gasteiger partial charge in [0.2, 0.25) is 4.96 Å². The van der Waals surface area contributed by atoms with E-state index in [4.69, 9.17) is 0 Å². The molecule has 6 nitrogen and oxygen atoms in total. The van der Waals surface area contributed by atoms with Gasteiger partial charge in [-0.3, -0.25) is 0 Å². The highest BCUT2D eigenvalue weighted by Crippen LogP contribution is 2.37. The summed E-state index contributed by atoms with van der Waals surface area (Å²) in [6.07, 6.45) is 3.51. The lowest BCUT2D eigenvalue weighted by Crippen LogP contribution is -2.12. The summed E-state index contributed by atoms with van der Waals surface area (Å²) in [4.78, 5) is 0.740. The van der Waals surface area contributed by atoms with Crippen molar-refractivity contribution in [2.45, 2.75) is 25.2 Å². The Labute approximate surface area is 118 Å². The molecular weight excluding hydrogens is 276 g/mol. The highest BCUT2D eigenvalue weighted by molar-refractivity contribution is 7.19. The monoisotopic (exact) mass is 288 g/mol. The first kappa shape index (κ1) is 11.7. The van der Waals surface area contributed by atoms with Crippen molar-refractivity contribution in [2.75, 3.05) is 0 Å². The number of aromatic nitrogens is 4. The van der Waals surface area contributed by atoms with E-state index in [-0.39, 0.29) is 11.5 Å². The zero-order valence-corrected chi connectivity index (χ0v) is 11.3. The third kappa shape index (κ3) is 1.74. The van der Waals surface area contributed by atoms with E-state index in [1.165, 1.54) is 23.8 Å². The van der Waals surface area contributed by atoms with Crippen molar-refractivity contribution >= 4 is 16.3 Å². The summed E-state index contributed by atoms with van der Waals surface area (Å²) in [6.45, 7) is 0. The molecule has 1 fully saturated rings. The fourth-order valence-electron chi connectivity index (χ4n) is 2.39. The molecule has 2 heterocycles. The van der Waals surface area contributed by atoms with Gasteiger partial charge in [0, 0.05) is 17.5 Å². The molecule has 2 aromatic heterocycles. The van der Waals surface area contributed by atoms with E-state index < -0.39 is 0 Å². The summed E-state index contributed by atoms with van der Waals surface area (Å²) < 4.78 is 1.78. The summed E-state index contributed by atoms with van der Waals surface area (Å²) in [5.74, 6) is 1.41. The van der Waals surface area contributed by atoms with Gasteiger partial charge in [-0.05, 0) is 25.0 Å². The lowest BCUT2D eigenvalue weighted by molar-refractivity contribution is 0.395. The lowest BCUT2D eigenvalue weighted by Gasteiger charge is -2.22. The Balaban J connectivity index is 1.82. The van der Waals surface area contributed by atoms with Crippen molar-refractivity contribution in [2.24, 2.45) is 0 Å². The summed E-state index contributed by atoms with van der Waals surface area (Å²) in [6, 6.07) is 4.45. The van der Waals surface area contributed by atoms with Crippen LogP contribution in [0.2, 0.25) is 0 Å². The molecule has 4 rings (SSSR count). The minimum Gasteiger partial charge on any atom is -0.508 e. The number of benzene rings is 1. The summed E-state index contributed by atoms with van der Waals surface area (Å²) in [7, 11) is 0. The molecular formula is C13H12N4O2S. The van der Waals surface area contributed by atoms with Gasteiger partial charge in [0.05, 0.1) is 0 Å². The predicted octanol–water partition coefficient (Wildman–Crippen LogP) is 2.53. The van der Waals surface area contributed by atoms with Crippen molar-refractivity contribution in [3.05, 3.63) is 24.0 Å². The molecule has 1 aliphatic rings. The molecule has 0 spiro atoms. The van der Waals surface area contributed by atoms with E-state index in [9.17, 15) is 10.2 Å². The zero-order valence-electron chi connectivity index (χ0n) is 10.5. The molecule has 0 radical (unpaired) electrons. The molecule has 0 saturated heterocycles. The Morgan fingerprint density at radius 3 is 2.50 bits per heavy atom. The average Bonchev–Trinajstić information content (AvgIpc) is 2.87. The number of hydrogen-bond donors (Lipinski definition) is 2. The Bertz CT molecular complexity index is 771.